The summed E-state index contributed by atoms with van der Waals surface area (Å²) in [5.74, 6) is 1.45. The molecule has 2 aromatic rings. The van der Waals surface area contributed by atoms with E-state index < -0.39 is 0 Å². The summed E-state index contributed by atoms with van der Waals surface area (Å²) >= 11 is 1.67. The molecule has 5 heteroatoms. The molecule has 0 saturated heterocycles. The number of benzene rings is 2. The SMILES string of the molecule is COc1cc(CCC(=O)Nc2ccc(SC)cc2)cc(OC)c1. The summed E-state index contributed by atoms with van der Waals surface area (Å²) in [7, 11) is 3.23. The van der Waals surface area contributed by atoms with Crippen molar-refractivity contribution in [1.29, 1.82) is 0 Å². The molecular weight excluding hydrogens is 310 g/mol. The molecule has 4 nitrogen and oxygen atoms in total. The minimum absolute atomic E-state index is 0.0105. The quantitative estimate of drug-likeness (QED) is 0.779. The molecule has 0 aliphatic carbocycles. The van der Waals surface area contributed by atoms with Gasteiger partial charge in [-0.25, -0.2) is 0 Å². The number of anilines is 1. The predicted molar refractivity (Wildman–Crippen MR) is 94.7 cm³/mol. The van der Waals surface area contributed by atoms with E-state index in [-0.39, 0.29) is 5.91 Å². The molecule has 1 amide bonds. The van der Waals surface area contributed by atoms with Gasteiger partial charge in [0.05, 0.1) is 14.2 Å². The molecule has 122 valence electrons. The van der Waals surface area contributed by atoms with Crippen molar-refractivity contribution in [3.63, 3.8) is 0 Å². The van der Waals surface area contributed by atoms with E-state index in [1.54, 1.807) is 26.0 Å². The zero-order valence-corrected chi connectivity index (χ0v) is 14.4. The van der Waals surface area contributed by atoms with Gasteiger partial charge in [-0.15, -0.1) is 11.8 Å². The summed E-state index contributed by atoms with van der Waals surface area (Å²) in [6.07, 6.45) is 3.05. The van der Waals surface area contributed by atoms with Gasteiger partial charge in [-0.05, 0) is 54.6 Å². The van der Waals surface area contributed by atoms with Crippen LogP contribution in [0.3, 0.4) is 0 Å². The van der Waals surface area contributed by atoms with Gasteiger partial charge >= 0.3 is 0 Å². The molecule has 1 N–H and O–H groups in total. The Bertz CT molecular complexity index is 634. The topological polar surface area (TPSA) is 47.6 Å². The molecule has 0 atom stereocenters. The number of carbonyl (C=O) groups excluding carboxylic acids is 1. The maximum absolute atomic E-state index is 12.1. The first-order chi connectivity index (χ1) is 11.1. The fourth-order valence-corrected chi connectivity index (χ4v) is 2.57. The number of amides is 1. The van der Waals surface area contributed by atoms with Crippen LogP contribution in [0.1, 0.15) is 12.0 Å². The van der Waals surface area contributed by atoms with E-state index in [0.29, 0.717) is 12.8 Å². The standard InChI is InChI=1S/C18H21NO3S/c1-21-15-10-13(11-16(12-15)22-2)4-9-18(20)19-14-5-7-17(23-3)8-6-14/h5-8,10-12H,4,9H2,1-3H3,(H,19,20). The molecule has 0 saturated carbocycles. The number of carbonyl (C=O) groups is 1. The average molecular weight is 331 g/mol. The molecule has 0 aliphatic heterocycles. The van der Waals surface area contributed by atoms with Crippen molar-refractivity contribution < 1.29 is 14.3 Å². The molecule has 0 unspecified atom stereocenters. The highest BCUT2D eigenvalue weighted by Crippen LogP contribution is 2.23. The fraction of sp³-hybridized carbons (Fsp3) is 0.278. The molecule has 0 aliphatic rings. The van der Waals surface area contributed by atoms with Gasteiger partial charge < -0.3 is 14.8 Å². The van der Waals surface area contributed by atoms with Gasteiger partial charge in [0.2, 0.25) is 5.91 Å². The summed E-state index contributed by atoms with van der Waals surface area (Å²) in [5.41, 5.74) is 1.82. The first kappa shape index (κ1) is 17.2. The second-order valence-electron chi connectivity index (χ2n) is 5.00. The highest BCUT2D eigenvalue weighted by atomic mass is 32.2. The number of thioether (sulfide) groups is 1. The molecule has 0 spiro atoms. The first-order valence-corrected chi connectivity index (χ1v) is 8.53. The molecule has 0 bridgehead atoms. The van der Waals surface area contributed by atoms with Gasteiger partial charge in [-0.1, -0.05) is 0 Å². The molecule has 0 radical (unpaired) electrons. The number of nitrogens with one attached hydrogen (secondary N) is 1. The zero-order chi connectivity index (χ0) is 16.7. The third kappa shape index (κ3) is 5.21. The molecule has 0 heterocycles. The maximum atomic E-state index is 12.1. The van der Waals surface area contributed by atoms with Crippen LogP contribution in [0.2, 0.25) is 0 Å². The van der Waals surface area contributed by atoms with E-state index in [1.165, 1.54) is 4.90 Å². The molecule has 2 rings (SSSR count). The molecule has 0 aromatic heterocycles. The first-order valence-electron chi connectivity index (χ1n) is 7.30. The van der Waals surface area contributed by atoms with E-state index in [2.05, 4.69) is 5.32 Å². The lowest BCUT2D eigenvalue weighted by molar-refractivity contribution is -0.116. The van der Waals surface area contributed by atoms with Crippen LogP contribution >= 0.6 is 11.8 Å². The Kier molecular flexibility index (Phi) is 6.35. The van der Waals surface area contributed by atoms with Crippen LogP contribution in [0.25, 0.3) is 0 Å². The van der Waals surface area contributed by atoms with E-state index in [4.69, 9.17) is 9.47 Å². The molecule has 23 heavy (non-hydrogen) atoms. The highest BCUT2D eigenvalue weighted by Gasteiger charge is 2.06. The normalized spacial score (nSPS) is 10.2. The van der Waals surface area contributed by atoms with Gasteiger partial charge in [-0.2, -0.15) is 0 Å². The predicted octanol–water partition coefficient (Wildman–Crippen LogP) is 4.00. The van der Waals surface area contributed by atoms with Crippen molar-refractivity contribution in [2.75, 3.05) is 25.8 Å². The van der Waals surface area contributed by atoms with Crippen molar-refractivity contribution in [2.24, 2.45) is 0 Å². The van der Waals surface area contributed by atoms with Gasteiger partial charge in [0.15, 0.2) is 0 Å². The third-order valence-electron chi connectivity index (χ3n) is 3.43. The second-order valence-corrected chi connectivity index (χ2v) is 5.88. The Morgan fingerprint density at radius 2 is 1.65 bits per heavy atom. The van der Waals surface area contributed by atoms with Crippen LogP contribution in [0, 0.1) is 0 Å². The van der Waals surface area contributed by atoms with Gasteiger partial charge in [0, 0.05) is 23.1 Å². The van der Waals surface area contributed by atoms with E-state index in [1.807, 2.05) is 48.7 Å². The fourth-order valence-electron chi connectivity index (χ4n) is 2.17. The summed E-state index contributed by atoms with van der Waals surface area (Å²) in [6.45, 7) is 0. The van der Waals surface area contributed by atoms with Crippen LogP contribution in [0.15, 0.2) is 47.4 Å². The van der Waals surface area contributed by atoms with Crippen LogP contribution in [-0.2, 0) is 11.2 Å². The number of ether oxygens (including phenoxy) is 2. The summed E-state index contributed by atoms with van der Waals surface area (Å²) in [4.78, 5) is 13.2. The lowest BCUT2D eigenvalue weighted by Crippen LogP contribution is -2.12. The lowest BCUT2D eigenvalue weighted by Gasteiger charge is -2.09. The number of methoxy groups -OCH3 is 2. The number of hydrogen-bond acceptors (Lipinski definition) is 4. The van der Waals surface area contributed by atoms with Crippen molar-refractivity contribution in [2.45, 2.75) is 17.7 Å². The summed E-state index contributed by atoms with van der Waals surface area (Å²) in [6, 6.07) is 13.5. The monoisotopic (exact) mass is 331 g/mol. The van der Waals surface area contributed by atoms with Gasteiger partial charge in [-0.3, -0.25) is 4.79 Å². The Hall–Kier alpha value is -2.14. The Morgan fingerprint density at radius 3 is 2.17 bits per heavy atom. The molecule has 0 fully saturated rings. The smallest absolute Gasteiger partial charge is 0.224 e. The average Bonchev–Trinajstić information content (AvgIpc) is 2.60. The van der Waals surface area contributed by atoms with Crippen molar-refractivity contribution in [3.05, 3.63) is 48.0 Å². The summed E-state index contributed by atoms with van der Waals surface area (Å²) < 4.78 is 10.5. The Labute approximate surface area is 141 Å². The highest BCUT2D eigenvalue weighted by molar-refractivity contribution is 7.98. The maximum Gasteiger partial charge on any atom is 0.224 e. The van der Waals surface area contributed by atoms with Gasteiger partial charge in [0.25, 0.3) is 0 Å². The third-order valence-corrected chi connectivity index (χ3v) is 4.17. The molecule has 2 aromatic carbocycles. The van der Waals surface area contributed by atoms with Crippen LogP contribution in [0.4, 0.5) is 5.69 Å². The van der Waals surface area contributed by atoms with Crippen molar-refractivity contribution >= 4 is 23.4 Å². The minimum atomic E-state index is -0.0105. The lowest BCUT2D eigenvalue weighted by atomic mass is 10.1. The van der Waals surface area contributed by atoms with Crippen LogP contribution in [0.5, 0.6) is 11.5 Å². The van der Waals surface area contributed by atoms with Crippen LogP contribution < -0.4 is 14.8 Å². The van der Waals surface area contributed by atoms with E-state index in [9.17, 15) is 4.79 Å². The minimum Gasteiger partial charge on any atom is -0.497 e. The Morgan fingerprint density at radius 1 is 1.04 bits per heavy atom. The van der Waals surface area contributed by atoms with Gasteiger partial charge in [0.1, 0.15) is 11.5 Å². The van der Waals surface area contributed by atoms with Crippen molar-refractivity contribution in [1.82, 2.24) is 0 Å². The largest absolute Gasteiger partial charge is 0.497 e. The molecular formula is C18H21NO3S. The van der Waals surface area contributed by atoms with E-state index in [0.717, 1.165) is 22.7 Å². The zero-order valence-electron chi connectivity index (χ0n) is 13.6. The number of aryl methyl sites for hydroxylation is 1. The van der Waals surface area contributed by atoms with Crippen LogP contribution in [-0.4, -0.2) is 26.4 Å². The van der Waals surface area contributed by atoms with Crippen molar-refractivity contribution in [3.8, 4) is 11.5 Å². The van der Waals surface area contributed by atoms with E-state index >= 15 is 0 Å². The number of hydrogen-bond donors (Lipinski definition) is 1. The second kappa shape index (κ2) is 8.48. The summed E-state index contributed by atoms with van der Waals surface area (Å²) in [5, 5.41) is 2.91. The Balaban J connectivity index is 1.93. The number of rotatable bonds is 7.